The molecule has 1 aliphatic rings. The van der Waals surface area contributed by atoms with Gasteiger partial charge in [0.15, 0.2) is 0 Å². The Balaban J connectivity index is 1.74. The van der Waals surface area contributed by atoms with Crippen LogP contribution in [0, 0.1) is 23.4 Å². The molecule has 1 saturated carbocycles. The number of nitrogens with two attached hydrogens (primary N) is 2. The number of allylic oxidation sites excluding steroid dienone is 1. The number of hydrogen-bond donors (Lipinski definition) is 2. The van der Waals surface area contributed by atoms with Crippen LogP contribution in [0.4, 0.5) is 18.9 Å². The van der Waals surface area contributed by atoms with Gasteiger partial charge in [-0.05, 0) is 43.2 Å². The van der Waals surface area contributed by atoms with E-state index in [-0.39, 0.29) is 34.6 Å². The molecule has 0 amide bonds. The summed E-state index contributed by atoms with van der Waals surface area (Å²) in [7, 11) is 0. The van der Waals surface area contributed by atoms with E-state index in [0.29, 0.717) is 5.70 Å². The summed E-state index contributed by atoms with van der Waals surface area (Å²) in [5, 5.41) is 4.84. The molecule has 0 atom stereocenters. The molecule has 0 bridgehead atoms. The van der Waals surface area contributed by atoms with E-state index in [1.165, 1.54) is 12.1 Å². The predicted molar refractivity (Wildman–Crippen MR) is 96.5 cm³/mol. The van der Waals surface area contributed by atoms with E-state index in [9.17, 15) is 13.2 Å². The lowest BCUT2D eigenvalue weighted by Gasteiger charge is -2.23. The van der Waals surface area contributed by atoms with Gasteiger partial charge in [-0.15, -0.1) is 0 Å². The van der Waals surface area contributed by atoms with Gasteiger partial charge in [-0.2, -0.15) is 4.98 Å². The van der Waals surface area contributed by atoms with Gasteiger partial charge in [0.05, 0.1) is 16.9 Å². The second-order valence-electron chi connectivity index (χ2n) is 6.44. The van der Waals surface area contributed by atoms with E-state index in [2.05, 4.69) is 10.1 Å². The lowest BCUT2D eigenvalue weighted by molar-refractivity contribution is 0.406. The Hall–Kier alpha value is -3.33. The molecule has 4 N–H and O–H groups in total. The zero-order chi connectivity index (χ0) is 19.8. The first kappa shape index (κ1) is 18.1. The van der Waals surface area contributed by atoms with Crippen LogP contribution in [0.25, 0.3) is 17.1 Å². The van der Waals surface area contributed by atoms with Crippen molar-refractivity contribution in [3.8, 4) is 11.4 Å². The Morgan fingerprint density at radius 2 is 1.82 bits per heavy atom. The molecule has 0 unspecified atom stereocenters. The number of hydrogen-bond acceptors (Lipinski definition) is 6. The molecule has 4 rings (SSSR count). The van der Waals surface area contributed by atoms with Crippen molar-refractivity contribution in [3.63, 3.8) is 0 Å². The number of aromatic nitrogens is 2. The first-order valence-electron chi connectivity index (χ1n) is 8.54. The number of nitrogens with zero attached hydrogens (tertiary/aromatic N) is 3. The van der Waals surface area contributed by atoms with Gasteiger partial charge in [0, 0.05) is 5.92 Å². The topological polar surface area (TPSA) is 94.2 Å². The first-order valence-corrected chi connectivity index (χ1v) is 8.54. The van der Waals surface area contributed by atoms with Gasteiger partial charge in [-0.3, -0.25) is 5.01 Å². The minimum atomic E-state index is -0.703. The smallest absolute Gasteiger partial charge is 0.275 e. The second kappa shape index (κ2) is 7.01. The van der Waals surface area contributed by atoms with E-state index in [4.69, 9.17) is 16.1 Å². The maximum atomic E-state index is 14.1. The average Bonchev–Trinajstić information content (AvgIpc) is 3.38. The van der Waals surface area contributed by atoms with Gasteiger partial charge >= 0.3 is 0 Å². The first-order chi connectivity index (χ1) is 13.5. The Bertz CT molecular complexity index is 1060. The van der Waals surface area contributed by atoms with Gasteiger partial charge in [0.1, 0.15) is 23.1 Å². The van der Waals surface area contributed by atoms with E-state index < -0.39 is 17.5 Å². The maximum absolute atomic E-state index is 14.1. The normalized spacial score (nSPS) is 14.7. The molecule has 3 aromatic rings. The number of halogens is 3. The van der Waals surface area contributed by atoms with Crippen molar-refractivity contribution >= 4 is 11.4 Å². The summed E-state index contributed by atoms with van der Waals surface area (Å²) in [6.45, 7) is 0. The number of para-hydroxylation sites is 1. The molecule has 1 heterocycles. The third-order valence-corrected chi connectivity index (χ3v) is 4.44. The largest absolute Gasteiger partial charge is 0.393 e. The fraction of sp³-hybridized carbons (Fsp3) is 0.158. The van der Waals surface area contributed by atoms with Gasteiger partial charge in [0.25, 0.3) is 5.89 Å². The molecule has 0 aliphatic heterocycles. The highest BCUT2D eigenvalue weighted by atomic mass is 19.1. The molecule has 144 valence electrons. The van der Waals surface area contributed by atoms with Crippen LogP contribution in [0.1, 0.15) is 18.7 Å². The SMILES string of the molecule is N/C(=C(/C1CC1)N(N)c1ccccc1F)c1nc(-c2cc(F)ccc2F)no1. The number of anilines is 1. The molecule has 1 aromatic heterocycles. The maximum Gasteiger partial charge on any atom is 0.275 e. The van der Waals surface area contributed by atoms with Crippen LogP contribution < -0.4 is 16.6 Å². The zero-order valence-corrected chi connectivity index (χ0v) is 14.6. The third-order valence-electron chi connectivity index (χ3n) is 4.44. The van der Waals surface area contributed by atoms with E-state index in [1.54, 1.807) is 12.1 Å². The molecule has 0 radical (unpaired) electrons. The van der Waals surface area contributed by atoms with Crippen molar-refractivity contribution in [3.05, 3.63) is 71.5 Å². The van der Waals surface area contributed by atoms with E-state index in [0.717, 1.165) is 36.0 Å². The summed E-state index contributed by atoms with van der Waals surface area (Å²) in [6, 6.07) is 8.92. The quantitative estimate of drug-likeness (QED) is 0.513. The summed E-state index contributed by atoms with van der Waals surface area (Å²) < 4.78 is 46.7. The van der Waals surface area contributed by atoms with Crippen molar-refractivity contribution < 1.29 is 17.7 Å². The van der Waals surface area contributed by atoms with Gasteiger partial charge < -0.3 is 10.3 Å². The second-order valence-corrected chi connectivity index (χ2v) is 6.44. The Labute approximate surface area is 158 Å². The van der Waals surface area contributed by atoms with Crippen LogP contribution in [0.5, 0.6) is 0 Å². The molecule has 2 aromatic carbocycles. The average molecular weight is 387 g/mol. The number of rotatable bonds is 5. The molecule has 1 fully saturated rings. The molecule has 1 aliphatic carbocycles. The summed E-state index contributed by atoms with van der Waals surface area (Å²) in [5.41, 5.74) is 6.67. The van der Waals surface area contributed by atoms with Gasteiger partial charge in [0.2, 0.25) is 5.82 Å². The molecule has 6 nitrogen and oxygen atoms in total. The van der Waals surface area contributed by atoms with Crippen molar-refractivity contribution in [2.75, 3.05) is 5.01 Å². The Morgan fingerprint density at radius 3 is 2.54 bits per heavy atom. The fourth-order valence-electron chi connectivity index (χ4n) is 2.90. The molecular weight excluding hydrogens is 371 g/mol. The Morgan fingerprint density at radius 1 is 1.07 bits per heavy atom. The van der Waals surface area contributed by atoms with Crippen LogP contribution >= 0.6 is 0 Å². The minimum absolute atomic E-state index is 0.00543. The summed E-state index contributed by atoms with van der Waals surface area (Å²) in [6.07, 6.45) is 1.63. The van der Waals surface area contributed by atoms with Crippen molar-refractivity contribution in [1.29, 1.82) is 0 Å². The predicted octanol–water partition coefficient (Wildman–Crippen LogP) is 3.57. The monoisotopic (exact) mass is 387 g/mol. The number of hydrazine groups is 1. The van der Waals surface area contributed by atoms with Crippen molar-refractivity contribution in [2.45, 2.75) is 12.8 Å². The molecule has 28 heavy (non-hydrogen) atoms. The zero-order valence-electron chi connectivity index (χ0n) is 14.6. The van der Waals surface area contributed by atoms with Crippen LogP contribution in [-0.2, 0) is 0 Å². The summed E-state index contributed by atoms with van der Waals surface area (Å²) in [5.74, 6) is 4.03. The summed E-state index contributed by atoms with van der Waals surface area (Å²) in [4.78, 5) is 4.07. The lowest BCUT2D eigenvalue weighted by atomic mass is 10.2. The standard InChI is InChI=1S/C19H16F3N5O/c20-11-7-8-13(21)12(9-11)18-25-19(28-26-18)16(23)17(10-5-6-10)27(24)15-4-2-1-3-14(15)22/h1-4,7-10H,5-6,23-24H2/b17-16-. The van der Waals surface area contributed by atoms with Gasteiger partial charge in [-0.1, -0.05) is 17.3 Å². The Kier molecular flexibility index (Phi) is 4.52. The molecule has 0 saturated heterocycles. The van der Waals surface area contributed by atoms with Gasteiger partial charge in [-0.25, -0.2) is 19.0 Å². The lowest BCUT2D eigenvalue weighted by Crippen LogP contribution is -2.34. The fourth-order valence-corrected chi connectivity index (χ4v) is 2.90. The van der Waals surface area contributed by atoms with Crippen LogP contribution in [0.3, 0.4) is 0 Å². The van der Waals surface area contributed by atoms with Crippen LogP contribution in [0.2, 0.25) is 0 Å². The summed E-state index contributed by atoms with van der Waals surface area (Å²) >= 11 is 0. The molecule has 9 heteroatoms. The molecule has 0 spiro atoms. The van der Waals surface area contributed by atoms with Crippen molar-refractivity contribution in [2.24, 2.45) is 17.5 Å². The highest BCUT2D eigenvalue weighted by molar-refractivity contribution is 5.68. The van der Waals surface area contributed by atoms with E-state index in [1.807, 2.05) is 0 Å². The van der Waals surface area contributed by atoms with Crippen LogP contribution in [0.15, 0.2) is 52.7 Å². The molecular formula is C19H16F3N5O. The van der Waals surface area contributed by atoms with Crippen molar-refractivity contribution in [1.82, 2.24) is 10.1 Å². The highest BCUT2D eigenvalue weighted by Crippen LogP contribution is 2.41. The third kappa shape index (κ3) is 3.31. The van der Waals surface area contributed by atoms with E-state index >= 15 is 0 Å². The minimum Gasteiger partial charge on any atom is -0.393 e. The number of benzene rings is 2. The highest BCUT2D eigenvalue weighted by Gasteiger charge is 2.34. The van der Waals surface area contributed by atoms with Crippen LogP contribution in [-0.4, -0.2) is 10.1 Å².